The first-order chi connectivity index (χ1) is 18.0. The first-order valence-electron chi connectivity index (χ1n) is 11.5. The highest BCUT2D eigenvalue weighted by Crippen LogP contribution is 2.35. The molecule has 0 radical (unpaired) electrons. The Hall–Kier alpha value is -2.18. The fourth-order valence-corrected chi connectivity index (χ4v) is 7.17. The highest BCUT2D eigenvalue weighted by atomic mass is 35.7. The van der Waals surface area contributed by atoms with E-state index in [0.29, 0.717) is 11.3 Å². The first kappa shape index (κ1) is 31.3. The standard InChI is InChI=1S/C19H20ClN3O3S.C6H4Cl2O2S.ClH/c20-15-5-1-2-6-17(15)27(24,25)22-14-11-13-8-10-26-19(13)16(12-14)23-9-4-3-7-18(23)21;7-5-3-1-2-4-6(5)11(8,9)10;/h1-2,5-6,8,10-12,18,22H,3-4,7,9,21H2;1-4H;1H. The number of benzene rings is 3. The van der Waals surface area contributed by atoms with Gasteiger partial charge in [-0.25, -0.2) is 16.8 Å². The van der Waals surface area contributed by atoms with Crippen LogP contribution in [0.4, 0.5) is 11.4 Å². The third kappa shape index (κ3) is 7.52. The zero-order valence-electron chi connectivity index (χ0n) is 20.3. The second kappa shape index (κ2) is 13.0. The van der Waals surface area contributed by atoms with Gasteiger partial charge in [0.15, 0.2) is 5.58 Å². The van der Waals surface area contributed by atoms with E-state index in [1.807, 2.05) is 6.07 Å². The number of anilines is 2. The summed E-state index contributed by atoms with van der Waals surface area (Å²) in [6.07, 6.45) is 4.47. The Morgan fingerprint density at radius 2 is 1.51 bits per heavy atom. The predicted molar refractivity (Wildman–Crippen MR) is 159 cm³/mol. The van der Waals surface area contributed by atoms with Crippen molar-refractivity contribution in [3.8, 4) is 0 Å². The molecule has 0 aliphatic carbocycles. The highest BCUT2D eigenvalue weighted by Gasteiger charge is 2.24. The maximum absolute atomic E-state index is 12.8. The van der Waals surface area contributed by atoms with Crippen molar-refractivity contribution < 1.29 is 21.3 Å². The molecule has 0 amide bonds. The number of nitrogens with zero attached hydrogens (tertiary/aromatic N) is 1. The van der Waals surface area contributed by atoms with E-state index in [-0.39, 0.29) is 38.4 Å². The molecule has 14 heteroatoms. The second-order valence-electron chi connectivity index (χ2n) is 8.50. The van der Waals surface area contributed by atoms with Crippen molar-refractivity contribution >= 4 is 87.7 Å². The van der Waals surface area contributed by atoms with Gasteiger partial charge in [-0.1, -0.05) is 47.5 Å². The average molecular weight is 653 g/mol. The number of furan rings is 1. The summed E-state index contributed by atoms with van der Waals surface area (Å²) < 4.78 is 55.3. The number of nitrogens with two attached hydrogens (primary N) is 1. The van der Waals surface area contributed by atoms with E-state index in [0.717, 1.165) is 36.9 Å². The van der Waals surface area contributed by atoms with Crippen molar-refractivity contribution in [2.75, 3.05) is 16.2 Å². The number of fused-ring (bicyclic) bond motifs is 1. The van der Waals surface area contributed by atoms with Crippen LogP contribution in [-0.2, 0) is 19.1 Å². The lowest BCUT2D eigenvalue weighted by Gasteiger charge is -2.35. The van der Waals surface area contributed by atoms with Gasteiger partial charge in [0.05, 0.1) is 33.8 Å². The lowest BCUT2D eigenvalue weighted by atomic mass is 10.1. The van der Waals surface area contributed by atoms with Crippen molar-refractivity contribution in [1.82, 2.24) is 0 Å². The summed E-state index contributed by atoms with van der Waals surface area (Å²) in [7, 11) is -2.46. The molecule has 1 saturated heterocycles. The summed E-state index contributed by atoms with van der Waals surface area (Å²) in [5.74, 6) is 0. The van der Waals surface area contributed by atoms with Crippen molar-refractivity contribution in [2.45, 2.75) is 35.2 Å². The number of hydrogen-bond donors (Lipinski definition) is 2. The minimum absolute atomic E-state index is 0. The van der Waals surface area contributed by atoms with Gasteiger partial charge in [-0.2, -0.15) is 0 Å². The lowest BCUT2D eigenvalue weighted by molar-refractivity contribution is 0.468. The zero-order chi connectivity index (χ0) is 27.5. The molecule has 1 aliphatic rings. The normalized spacial score (nSPS) is 15.7. The molecule has 5 rings (SSSR count). The molecule has 1 aliphatic heterocycles. The van der Waals surface area contributed by atoms with Crippen LogP contribution in [0.25, 0.3) is 11.0 Å². The molecule has 1 atom stereocenters. The van der Waals surface area contributed by atoms with Crippen molar-refractivity contribution in [1.29, 1.82) is 0 Å². The molecule has 1 unspecified atom stereocenters. The quantitative estimate of drug-likeness (QED) is 0.226. The lowest BCUT2D eigenvalue weighted by Crippen LogP contribution is -2.45. The van der Waals surface area contributed by atoms with Crippen LogP contribution in [0.1, 0.15) is 19.3 Å². The minimum atomic E-state index is -3.82. The summed E-state index contributed by atoms with van der Waals surface area (Å²) >= 11 is 11.6. The van der Waals surface area contributed by atoms with Crippen LogP contribution in [0.2, 0.25) is 10.0 Å². The summed E-state index contributed by atoms with van der Waals surface area (Å²) in [6, 6.07) is 17.7. The molecule has 2 heterocycles. The molecular weight excluding hydrogens is 628 g/mol. The van der Waals surface area contributed by atoms with E-state index in [2.05, 4.69) is 9.62 Å². The molecule has 0 saturated carbocycles. The first-order valence-corrected chi connectivity index (χ1v) is 16.0. The number of sulfonamides is 1. The van der Waals surface area contributed by atoms with Gasteiger partial charge in [0, 0.05) is 22.6 Å². The predicted octanol–water partition coefficient (Wildman–Crippen LogP) is 6.85. The van der Waals surface area contributed by atoms with Gasteiger partial charge >= 0.3 is 0 Å². The van der Waals surface area contributed by atoms with Gasteiger partial charge in [0.25, 0.3) is 19.1 Å². The number of hydrogen-bond acceptors (Lipinski definition) is 7. The molecule has 39 heavy (non-hydrogen) atoms. The van der Waals surface area contributed by atoms with Crippen LogP contribution in [-0.4, -0.2) is 29.5 Å². The second-order valence-corrected chi connectivity index (χ2v) is 13.5. The largest absolute Gasteiger partial charge is 0.462 e. The SMILES string of the molecule is Cl.NC1CCCCN1c1cc(NS(=O)(=O)c2ccccc2Cl)cc2ccoc12.O=S(=O)(Cl)c1ccccc1Cl. The van der Waals surface area contributed by atoms with E-state index in [1.54, 1.807) is 48.7 Å². The maximum Gasteiger partial charge on any atom is 0.263 e. The Labute approximate surface area is 247 Å². The van der Waals surface area contributed by atoms with Gasteiger partial charge < -0.3 is 15.1 Å². The van der Waals surface area contributed by atoms with E-state index < -0.39 is 19.1 Å². The fraction of sp³-hybridized carbons (Fsp3) is 0.200. The Morgan fingerprint density at radius 3 is 2.08 bits per heavy atom. The molecule has 0 spiro atoms. The number of piperidine rings is 1. The summed E-state index contributed by atoms with van der Waals surface area (Å²) in [5, 5.41) is 1.12. The zero-order valence-corrected chi connectivity index (χ0v) is 25.0. The number of halogens is 4. The Balaban J connectivity index is 0.000000297. The topological polar surface area (TPSA) is 123 Å². The van der Waals surface area contributed by atoms with Gasteiger partial charge in [-0.15, -0.1) is 12.4 Å². The molecule has 210 valence electrons. The number of rotatable bonds is 5. The molecule has 3 aromatic carbocycles. The third-order valence-electron chi connectivity index (χ3n) is 5.87. The minimum Gasteiger partial charge on any atom is -0.462 e. The molecule has 1 aromatic heterocycles. The van der Waals surface area contributed by atoms with E-state index >= 15 is 0 Å². The molecular formula is C25H25Cl4N3O5S2. The Bertz CT molecular complexity index is 1660. The van der Waals surface area contributed by atoms with Crippen molar-refractivity contribution in [3.63, 3.8) is 0 Å². The van der Waals surface area contributed by atoms with E-state index in [4.69, 9.17) is 44.0 Å². The molecule has 8 nitrogen and oxygen atoms in total. The summed E-state index contributed by atoms with van der Waals surface area (Å²) in [6.45, 7) is 0.803. The monoisotopic (exact) mass is 651 g/mol. The van der Waals surface area contributed by atoms with E-state index in [1.165, 1.54) is 18.2 Å². The van der Waals surface area contributed by atoms with Gasteiger partial charge in [-0.05, 0) is 61.7 Å². The van der Waals surface area contributed by atoms with Crippen LogP contribution in [0.5, 0.6) is 0 Å². The van der Waals surface area contributed by atoms with E-state index in [9.17, 15) is 16.8 Å². The van der Waals surface area contributed by atoms with Crippen LogP contribution < -0.4 is 15.4 Å². The summed E-state index contributed by atoms with van der Waals surface area (Å²) in [4.78, 5) is 2.06. The Kier molecular flexibility index (Phi) is 10.4. The summed E-state index contributed by atoms with van der Waals surface area (Å²) in [5.41, 5.74) is 8.22. The Morgan fingerprint density at radius 1 is 0.897 bits per heavy atom. The maximum atomic E-state index is 12.8. The molecule has 4 aromatic rings. The van der Waals surface area contributed by atoms with Crippen molar-refractivity contribution in [2.24, 2.45) is 5.73 Å². The third-order valence-corrected chi connectivity index (χ3v) is 9.57. The van der Waals surface area contributed by atoms with Crippen LogP contribution in [0.15, 0.2) is 87.2 Å². The average Bonchev–Trinajstić information content (AvgIpc) is 3.32. The molecule has 1 fully saturated rings. The fourth-order valence-electron chi connectivity index (χ4n) is 4.11. The smallest absolute Gasteiger partial charge is 0.263 e. The molecule has 0 bridgehead atoms. The van der Waals surface area contributed by atoms with Crippen molar-refractivity contribution in [3.05, 3.63) is 83.0 Å². The van der Waals surface area contributed by atoms with Gasteiger partial charge in [0.1, 0.15) is 9.79 Å². The number of nitrogens with one attached hydrogen (secondary N) is 1. The van der Waals surface area contributed by atoms with Crippen LogP contribution in [0, 0.1) is 0 Å². The van der Waals surface area contributed by atoms with Crippen LogP contribution >= 0.6 is 46.3 Å². The van der Waals surface area contributed by atoms with Crippen LogP contribution in [0.3, 0.4) is 0 Å². The van der Waals surface area contributed by atoms with Gasteiger partial charge in [0.2, 0.25) is 0 Å². The molecule has 3 N–H and O–H groups in total. The highest BCUT2D eigenvalue weighted by molar-refractivity contribution is 8.13. The van der Waals surface area contributed by atoms with Gasteiger partial charge in [-0.3, -0.25) is 4.72 Å².